The number of pyridine rings is 2. The molecule has 0 aliphatic carbocycles. The molecule has 1 saturated heterocycles. The summed E-state index contributed by atoms with van der Waals surface area (Å²) in [6.07, 6.45) is 0. The molecule has 8 nitrogen and oxygen atoms in total. The van der Waals surface area contributed by atoms with Gasteiger partial charge in [0.15, 0.2) is 17.3 Å². The van der Waals surface area contributed by atoms with Crippen LogP contribution >= 0.6 is 11.6 Å². The van der Waals surface area contributed by atoms with Crippen molar-refractivity contribution >= 4 is 40.0 Å². The molecule has 1 aromatic carbocycles. The monoisotopic (exact) mass is 458 g/mol. The van der Waals surface area contributed by atoms with Gasteiger partial charge in [0, 0.05) is 17.5 Å². The first-order chi connectivity index (χ1) is 15.4. The van der Waals surface area contributed by atoms with Gasteiger partial charge in [0.25, 0.3) is 0 Å². The number of halogens is 2. The van der Waals surface area contributed by atoms with E-state index in [1.54, 1.807) is 6.07 Å². The molecule has 0 bridgehead atoms. The van der Waals surface area contributed by atoms with E-state index in [1.807, 2.05) is 6.92 Å². The highest BCUT2D eigenvalue weighted by Crippen LogP contribution is 2.38. The molecule has 2 aliphatic rings. The maximum absolute atomic E-state index is 14.5. The molecular weight excluding hydrogens is 439 g/mol. The van der Waals surface area contributed by atoms with Crippen LogP contribution in [0.5, 0.6) is 5.75 Å². The van der Waals surface area contributed by atoms with Crippen LogP contribution in [0, 0.1) is 5.82 Å². The van der Waals surface area contributed by atoms with Crippen LogP contribution in [0.1, 0.15) is 29.0 Å². The lowest BCUT2D eigenvalue weighted by molar-refractivity contribution is 0.0690. The van der Waals surface area contributed by atoms with Crippen LogP contribution in [-0.2, 0) is 4.74 Å². The number of aromatic nitrogens is 2. The lowest BCUT2D eigenvalue weighted by atomic mass is 10.0. The van der Waals surface area contributed by atoms with Gasteiger partial charge in [0.1, 0.15) is 17.6 Å². The van der Waals surface area contributed by atoms with Crippen molar-refractivity contribution in [3.63, 3.8) is 0 Å². The van der Waals surface area contributed by atoms with Crippen LogP contribution < -0.4 is 15.0 Å². The molecule has 5 rings (SSSR count). The Morgan fingerprint density at radius 3 is 2.97 bits per heavy atom. The van der Waals surface area contributed by atoms with Crippen molar-refractivity contribution in [3.05, 3.63) is 52.6 Å². The highest BCUT2D eigenvalue weighted by molar-refractivity contribution is 6.29. The second-order valence-corrected chi connectivity index (χ2v) is 8.20. The Bertz CT molecular complexity index is 1220. The van der Waals surface area contributed by atoms with Crippen LogP contribution in [-0.4, -0.2) is 53.5 Å². The van der Waals surface area contributed by atoms with Crippen molar-refractivity contribution < 1.29 is 23.8 Å². The fourth-order valence-electron chi connectivity index (χ4n) is 4.17. The van der Waals surface area contributed by atoms with Crippen molar-refractivity contribution in [2.45, 2.75) is 19.0 Å². The van der Waals surface area contributed by atoms with Crippen molar-refractivity contribution in [3.8, 4) is 5.75 Å². The quantitative estimate of drug-likeness (QED) is 0.568. The van der Waals surface area contributed by atoms with Crippen LogP contribution in [0.3, 0.4) is 0 Å². The van der Waals surface area contributed by atoms with Gasteiger partial charge in [-0.15, -0.1) is 0 Å². The Hall–Kier alpha value is -3.17. The van der Waals surface area contributed by atoms with E-state index in [0.717, 1.165) is 0 Å². The molecule has 10 heteroatoms. The van der Waals surface area contributed by atoms with Crippen LogP contribution in [0.15, 0.2) is 30.3 Å². The second kappa shape index (κ2) is 8.07. The Labute approximate surface area is 187 Å². The van der Waals surface area contributed by atoms with Gasteiger partial charge in [-0.1, -0.05) is 11.6 Å². The molecule has 0 spiro atoms. The normalized spacial score (nSPS) is 18.5. The number of hydrogen-bond acceptors (Lipinski definition) is 7. The fraction of sp³-hybridized carbons (Fsp3) is 0.318. The van der Waals surface area contributed by atoms with Gasteiger partial charge in [-0.3, -0.25) is 0 Å². The summed E-state index contributed by atoms with van der Waals surface area (Å²) >= 11 is 5.85. The van der Waals surface area contributed by atoms with Crippen LogP contribution in [0.4, 0.5) is 15.9 Å². The minimum atomic E-state index is -1.21. The van der Waals surface area contributed by atoms with E-state index in [-0.39, 0.29) is 22.6 Å². The fourth-order valence-corrected chi connectivity index (χ4v) is 4.32. The molecular formula is C22H20ClFN4O4. The number of hydrogen-bond donors (Lipinski definition) is 2. The number of anilines is 2. The topological polar surface area (TPSA) is 96.8 Å². The maximum atomic E-state index is 14.5. The Morgan fingerprint density at radius 1 is 1.31 bits per heavy atom. The summed E-state index contributed by atoms with van der Waals surface area (Å²) in [6, 6.07) is 7.28. The highest BCUT2D eigenvalue weighted by Gasteiger charge is 2.32. The smallest absolute Gasteiger partial charge is 0.356 e. The molecule has 2 N–H and O–H groups in total. The molecule has 2 aromatic heterocycles. The molecule has 0 unspecified atom stereocenters. The van der Waals surface area contributed by atoms with Gasteiger partial charge in [-0.05, 0) is 37.3 Å². The summed E-state index contributed by atoms with van der Waals surface area (Å²) in [5.41, 5.74) is 1.27. The number of morpholine rings is 1. The van der Waals surface area contributed by atoms with Gasteiger partial charge < -0.3 is 24.8 Å². The third kappa shape index (κ3) is 3.67. The minimum Gasteiger partial charge on any atom is -0.487 e. The van der Waals surface area contributed by atoms with Gasteiger partial charge >= 0.3 is 5.97 Å². The summed E-state index contributed by atoms with van der Waals surface area (Å²) in [5.74, 6) is -0.316. The number of rotatable bonds is 4. The highest BCUT2D eigenvalue weighted by atomic mass is 35.5. The average Bonchev–Trinajstić information content (AvgIpc) is 2.78. The number of carboxylic acids is 1. The summed E-state index contributed by atoms with van der Waals surface area (Å²) in [5, 5.41) is 13.3. The van der Waals surface area contributed by atoms with Crippen LogP contribution in [0.2, 0.25) is 5.15 Å². The summed E-state index contributed by atoms with van der Waals surface area (Å²) in [6.45, 7) is 4.16. The zero-order chi connectivity index (χ0) is 22.4. The van der Waals surface area contributed by atoms with E-state index in [1.165, 1.54) is 24.3 Å². The van der Waals surface area contributed by atoms with E-state index < -0.39 is 17.8 Å². The minimum absolute atomic E-state index is 0.0742. The van der Waals surface area contributed by atoms with E-state index in [0.29, 0.717) is 54.4 Å². The lowest BCUT2D eigenvalue weighted by Gasteiger charge is -2.40. The largest absolute Gasteiger partial charge is 0.487 e. The van der Waals surface area contributed by atoms with Gasteiger partial charge in [-0.25, -0.2) is 19.2 Å². The number of nitrogens with one attached hydrogen (secondary N) is 1. The Kier molecular flexibility index (Phi) is 5.22. The standard InChI is InChI=1S/C22H20ClFN4O4/c1-11(25-16-2-3-18(23)26-20(16)22(29)30)15-8-13(24)6-12-7-17-21(27-19(12)15)28-4-5-31-9-14(28)10-32-17/h2-3,6-8,11,14,25H,4-5,9-10H2,1H3,(H,29,30)/t11-,14+/m1/s1. The van der Waals surface area contributed by atoms with E-state index >= 15 is 0 Å². The predicted octanol–water partition coefficient (Wildman–Crippen LogP) is 3.89. The maximum Gasteiger partial charge on any atom is 0.356 e. The SMILES string of the molecule is C[C@@H](Nc1ccc(Cl)nc1C(=O)O)c1cc(F)cc2cc3c(nc12)N1CCOC[C@H]1CO3. The van der Waals surface area contributed by atoms with Crippen molar-refractivity contribution in [1.82, 2.24) is 9.97 Å². The lowest BCUT2D eigenvalue weighted by Crippen LogP contribution is -2.51. The first kappa shape index (κ1) is 20.7. The number of aromatic carboxylic acids is 1. The number of nitrogens with zero attached hydrogens (tertiary/aromatic N) is 3. The van der Waals surface area contributed by atoms with E-state index in [9.17, 15) is 14.3 Å². The molecule has 2 atom stereocenters. The molecule has 0 amide bonds. The van der Waals surface area contributed by atoms with Gasteiger partial charge in [-0.2, -0.15) is 0 Å². The van der Waals surface area contributed by atoms with Crippen molar-refractivity contribution in [2.24, 2.45) is 0 Å². The molecule has 0 saturated carbocycles. The summed E-state index contributed by atoms with van der Waals surface area (Å²) in [4.78, 5) is 22.5. The number of carbonyl (C=O) groups is 1. The molecule has 4 heterocycles. The number of carboxylic acid groups (broad SMARTS) is 1. The second-order valence-electron chi connectivity index (χ2n) is 7.81. The number of benzene rings is 1. The molecule has 166 valence electrons. The Balaban J connectivity index is 1.57. The molecule has 1 fully saturated rings. The zero-order valence-electron chi connectivity index (χ0n) is 17.1. The first-order valence-corrected chi connectivity index (χ1v) is 10.6. The van der Waals surface area contributed by atoms with E-state index in [4.69, 9.17) is 26.1 Å². The van der Waals surface area contributed by atoms with Gasteiger partial charge in [0.05, 0.1) is 36.5 Å². The van der Waals surface area contributed by atoms with Crippen molar-refractivity contribution in [1.29, 1.82) is 0 Å². The zero-order valence-corrected chi connectivity index (χ0v) is 17.9. The molecule has 32 heavy (non-hydrogen) atoms. The summed E-state index contributed by atoms with van der Waals surface area (Å²) in [7, 11) is 0. The summed E-state index contributed by atoms with van der Waals surface area (Å²) < 4.78 is 25.9. The molecule has 2 aliphatic heterocycles. The van der Waals surface area contributed by atoms with Crippen LogP contribution in [0.25, 0.3) is 10.9 Å². The van der Waals surface area contributed by atoms with Crippen molar-refractivity contribution in [2.75, 3.05) is 36.6 Å². The third-order valence-electron chi connectivity index (χ3n) is 5.69. The number of ether oxygens (including phenoxy) is 2. The number of fused-ring (bicyclic) bond motifs is 4. The molecule has 0 radical (unpaired) electrons. The first-order valence-electron chi connectivity index (χ1n) is 10.2. The van der Waals surface area contributed by atoms with E-state index in [2.05, 4.69) is 15.2 Å². The average molecular weight is 459 g/mol. The predicted molar refractivity (Wildman–Crippen MR) is 117 cm³/mol. The third-order valence-corrected chi connectivity index (χ3v) is 5.90. The Morgan fingerprint density at radius 2 is 2.16 bits per heavy atom. The van der Waals surface area contributed by atoms with Gasteiger partial charge in [0.2, 0.25) is 0 Å². The molecule has 3 aromatic rings.